The summed E-state index contributed by atoms with van der Waals surface area (Å²) in [6, 6.07) is 1.42. The molecule has 4 nitrogen and oxygen atoms in total. The van der Waals surface area contributed by atoms with E-state index in [2.05, 4.69) is 36.3 Å². The summed E-state index contributed by atoms with van der Waals surface area (Å²) in [6.07, 6.45) is 2.42. The summed E-state index contributed by atoms with van der Waals surface area (Å²) >= 11 is 0. The lowest BCUT2D eigenvalue weighted by molar-refractivity contribution is -0.122. The smallest absolute Gasteiger partial charge is 0.234 e. The third-order valence-electron chi connectivity index (χ3n) is 3.56. The van der Waals surface area contributed by atoms with Crippen molar-refractivity contribution >= 4 is 30.7 Å². The summed E-state index contributed by atoms with van der Waals surface area (Å²) in [6.45, 7) is 7.70. The van der Waals surface area contributed by atoms with Crippen molar-refractivity contribution in [3.05, 3.63) is 0 Å². The molecule has 1 heterocycles. The van der Waals surface area contributed by atoms with Gasteiger partial charge in [0, 0.05) is 24.7 Å². The van der Waals surface area contributed by atoms with E-state index in [0.29, 0.717) is 31.2 Å². The molecular formula is C12H27Cl2N3O. The maximum Gasteiger partial charge on any atom is 0.234 e. The van der Waals surface area contributed by atoms with E-state index in [1.165, 1.54) is 12.8 Å². The number of hydrogen-bond acceptors (Lipinski definition) is 3. The second-order valence-corrected chi connectivity index (χ2v) is 4.94. The van der Waals surface area contributed by atoms with Gasteiger partial charge in [-0.25, -0.2) is 0 Å². The van der Waals surface area contributed by atoms with Crippen LogP contribution in [0.1, 0.15) is 33.6 Å². The molecule has 1 aliphatic rings. The molecule has 1 rings (SSSR count). The number of nitrogens with zero attached hydrogens (tertiary/aromatic N) is 1. The summed E-state index contributed by atoms with van der Waals surface area (Å²) in [4.78, 5) is 14.0. The van der Waals surface area contributed by atoms with Gasteiger partial charge in [-0.1, -0.05) is 0 Å². The van der Waals surface area contributed by atoms with Gasteiger partial charge in [0.1, 0.15) is 0 Å². The van der Waals surface area contributed by atoms with Gasteiger partial charge in [0.2, 0.25) is 5.91 Å². The van der Waals surface area contributed by atoms with E-state index in [-0.39, 0.29) is 30.7 Å². The Hall–Kier alpha value is -0.0300. The number of halogens is 2. The quantitative estimate of drug-likeness (QED) is 0.807. The molecule has 0 bridgehead atoms. The Kier molecular flexibility index (Phi) is 11.1. The minimum Gasteiger partial charge on any atom is -0.353 e. The molecule has 3 atom stereocenters. The summed E-state index contributed by atoms with van der Waals surface area (Å²) in [5.74, 6) is 0.141. The maximum absolute atomic E-state index is 11.7. The SMILES string of the molecule is CNC(C)CNC(=O)CN1C(C)CCC1C.Cl.Cl. The van der Waals surface area contributed by atoms with Gasteiger partial charge in [-0.2, -0.15) is 0 Å². The van der Waals surface area contributed by atoms with Gasteiger partial charge in [0.05, 0.1) is 6.54 Å². The predicted molar refractivity (Wildman–Crippen MR) is 80.9 cm³/mol. The van der Waals surface area contributed by atoms with Crippen LogP contribution in [-0.4, -0.2) is 49.1 Å². The lowest BCUT2D eigenvalue weighted by atomic mass is 10.2. The highest BCUT2D eigenvalue weighted by molar-refractivity contribution is 5.85. The van der Waals surface area contributed by atoms with E-state index in [4.69, 9.17) is 0 Å². The van der Waals surface area contributed by atoms with Crippen molar-refractivity contribution in [3.63, 3.8) is 0 Å². The Labute approximate surface area is 123 Å². The molecule has 0 spiro atoms. The van der Waals surface area contributed by atoms with Crippen LogP contribution in [0.15, 0.2) is 0 Å². The summed E-state index contributed by atoms with van der Waals surface area (Å²) in [5.41, 5.74) is 0. The molecule has 0 radical (unpaired) electrons. The third-order valence-corrected chi connectivity index (χ3v) is 3.56. The Morgan fingerprint density at radius 3 is 2.22 bits per heavy atom. The number of likely N-dealkylation sites (tertiary alicyclic amines) is 1. The van der Waals surface area contributed by atoms with Crippen molar-refractivity contribution in [1.82, 2.24) is 15.5 Å². The fourth-order valence-electron chi connectivity index (χ4n) is 2.15. The number of carbonyl (C=O) groups is 1. The van der Waals surface area contributed by atoms with Crippen molar-refractivity contribution in [2.45, 2.75) is 51.7 Å². The minimum atomic E-state index is 0. The zero-order chi connectivity index (χ0) is 12.1. The molecule has 0 aromatic carbocycles. The van der Waals surface area contributed by atoms with Gasteiger partial charge < -0.3 is 10.6 Å². The highest BCUT2D eigenvalue weighted by Gasteiger charge is 2.28. The average molecular weight is 300 g/mol. The molecule has 1 aliphatic heterocycles. The molecule has 0 aliphatic carbocycles. The Morgan fingerprint density at radius 1 is 1.28 bits per heavy atom. The fraction of sp³-hybridized carbons (Fsp3) is 0.917. The van der Waals surface area contributed by atoms with Gasteiger partial charge in [-0.15, -0.1) is 24.8 Å². The maximum atomic E-state index is 11.7. The lowest BCUT2D eigenvalue weighted by Crippen LogP contribution is -2.45. The molecule has 18 heavy (non-hydrogen) atoms. The van der Waals surface area contributed by atoms with Crippen molar-refractivity contribution in [3.8, 4) is 0 Å². The van der Waals surface area contributed by atoms with E-state index >= 15 is 0 Å². The number of hydrogen-bond donors (Lipinski definition) is 2. The number of amides is 1. The monoisotopic (exact) mass is 299 g/mol. The first kappa shape index (κ1) is 20.3. The van der Waals surface area contributed by atoms with Crippen molar-refractivity contribution in [2.24, 2.45) is 0 Å². The van der Waals surface area contributed by atoms with Crippen LogP contribution in [0.25, 0.3) is 0 Å². The molecule has 0 saturated carbocycles. The van der Waals surface area contributed by atoms with Crippen molar-refractivity contribution in [2.75, 3.05) is 20.1 Å². The zero-order valence-electron chi connectivity index (χ0n) is 11.7. The molecule has 110 valence electrons. The summed E-state index contributed by atoms with van der Waals surface area (Å²) < 4.78 is 0. The van der Waals surface area contributed by atoms with Crippen LogP contribution in [0.2, 0.25) is 0 Å². The fourth-order valence-corrected chi connectivity index (χ4v) is 2.15. The van der Waals surface area contributed by atoms with Crippen molar-refractivity contribution < 1.29 is 4.79 Å². The molecular weight excluding hydrogens is 273 g/mol. The van der Waals surface area contributed by atoms with E-state index < -0.39 is 0 Å². The van der Waals surface area contributed by atoms with E-state index in [0.717, 1.165) is 0 Å². The average Bonchev–Trinajstić information content (AvgIpc) is 2.57. The highest BCUT2D eigenvalue weighted by Crippen LogP contribution is 2.22. The molecule has 1 fully saturated rings. The second kappa shape index (κ2) is 9.84. The Balaban J connectivity index is 0. The van der Waals surface area contributed by atoms with Crippen LogP contribution in [0.3, 0.4) is 0 Å². The number of rotatable bonds is 5. The van der Waals surface area contributed by atoms with Crippen LogP contribution in [0.5, 0.6) is 0 Å². The van der Waals surface area contributed by atoms with Gasteiger partial charge in [-0.3, -0.25) is 9.69 Å². The number of carbonyl (C=O) groups excluding carboxylic acids is 1. The van der Waals surface area contributed by atoms with Crippen LogP contribution < -0.4 is 10.6 Å². The van der Waals surface area contributed by atoms with Gasteiger partial charge >= 0.3 is 0 Å². The minimum absolute atomic E-state index is 0. The van der Waals surface area contributed by atoms with Crippen LogP contribution in [0.4, 0.5) is 0 Å². The summed E-state index contributed by atoms with van der Waals surface area (Å²) in [7, 11) is 1.90. The molecule has 3 unspecified atom stereocenters. The molecule has 1 amide bonds. The van der Waals surface area contributed by atoms with Gasteiger partial charge in [0.25, 0.3) is 0 Å². The van der Waals surface area contributed by atoms with E-state index in [9.17, 15) is 4.79 Å². The first-order chi connectivity index (χ1) is 7.54. The molecule has 2 N–H and O–H groups in total. The normalized spacial score (nSPS) is 24.9. The zero-order valence-corrected chi connectivity index (χ0v) is 13.4. The first-order valence-corrected chi connectivity index (χ1v) is 6.24. The first-order valence-electron chi connectivity index (χ1n) is 6.24. The van der Waals surface area contributed by atoms with Gasteiger partial charge in [0.15, 0.2) is 0 Å². The highest BCUT2D eigenvalue weighted by atomic mass is 35.5. The molecule has 1 saturated heterocycles. The molecule has 0 aromatic heterocycles. The predicted octanol–water partition coefficient (Wildman–Crippen LogP) is 1.43. The number of likely N-dealkylation sites (N-methyl/N-ethyl adjacent to an activating group) is 1. The largest absolute Gasteiger partial charge is 0.353 e. The number of nitrogens with one attached hydrogen (secondary N) is 2. The van der Waals surface area contributed by atoms with Crippen LogP contribution in [-0.2, 0) is 4.79 Å². The molecule has 0 aromatic rings. The van der Waals surface area contributed by atoms with Crippen LogP contribution >= 0.6 is 24.8 Å². The van der Waals surface area contributed by atoms with Crippen LogP contribution in [0, 0.1) is 0 Å². The second-order valence-electron chi connectivity index (χ2n) is 4.94. The van der Waals surface area contributed by atoms with E-state index in [1.807, 2.05) is 7.05 Å². The Bertz CT molecular complexity index is 231. The lowest BCUT2D eigenvalue weighted by Gasteiger charge is -2.25. The third kappa shape index (κ3) is 6.23. The van der Waals surface area contributed by atoms with Gasteiger partial charge in [-0.05, 0) is 40.7 Å². The molecule has 6 heteroatoms. The standard InChI is InChI=1S/C12H25N3O.2ClH/c1-9(13-4)7-14-12(16)8-15-10(2)5-6-11(15)3;;/h9-11,13H,5-8H2,1-4H3,(H,14,16);2*1H. The summed E-state index contributed by atoms with van der Waals surface area (Å²) in [5, 5.41) is 6.06. The van der Waals surface area contributed by atoms with E-state index in [1.54, 1.807) is 0 Å². The Morgan fingerprint density at radius 2 is 1.78 bits per heavy atom. The topological polar surface area (TPSA) is 44.4 Å². The van der Waals surface area contributed by atoms with Crippen molar-refractivity contribution in [1.29, 1.82) is 0 Å².